The summed E-state index contributed by atoms with van der Waals surface area (Å²) in [5.74, 6) is 0.196. The zero-order valence-electron chi connectivity index (χ0n) is 6.75. The van der Waals surface area contributed by atoms with Crippen molar-refractivity contribution in [3.05, 3.63) is 0 Å². The van der Waals surface area contributed by atoms with Crippen molar-refractivity contribution in [1.82, 2.24) is 9.62 Å². The van der Waals surface area contributed by atoms with Crippen LogP contribution in [0, 0.1) is 0 Å². The zero-order valence-corrected chi connectivity index (χ0v) is 8.46. The standard InChI is InChI=1S/C7H12N2OS2/c10-6-7(3-4-8-6)2-1-5-9(7)12-11/h11H,1-5H2,(H,8,10). The number of hydrogen-bond acceptors (Lipinski definition) is 4. The second-order valence-corrected chi connectivity index (χ2v) is 4.42. The summed E-state index contributed by atoms with van der Waals surface area (Å²) >= 11 is 4.17. The van der Waals surface area contributed by atoms with Crippen molar-refractivity contribution < 1.29 is 4.79 Å². The molecule has 5 heteroatoms. The van der Waals surface area contributed by atoms with Crippen LogP contribution in [0.5, 0.6) is 0 Å². The lowest BCUT2D eigenvalue weighted by Gasteiger charge is -2.28. The van der Waals surface area contributed by atoms with Gasteiger partial charge in [-0.1, -0.05) is 11.7 Å². The Labute approximate surface area is 81.2 Å². The first-order valence-electron chi connectivity index (χ1n) is 4.17. The molecule has 1 spiro atoms. The van der Waals surface area contributed by atoms with Crippen LogP contribution in [-0.2, 0) is 4.79 Å². The molecule has 0 bridgehead atoms. The third kappa shape index (κ3) is 1.07. The maximum atomic E-state index is 11.6. The van der Waals surface area contributed by atoms with Gasteiger partial charge in [0.05, 0.1) is 0 Å². The van der Waals surface area contributed by atoms with E-state index in [1.165, 1.54) is 11.0 Å². The van der Waals surface area contributed by atoms with Gasteiger partial charge in [0.15, 0.2) is 0 Å². The van der Waals surface area contributed by atoms with E-state index in [0.29, 0.717) is 0 Å². The first-order chi connectivity index (χ1) is 5.79. The van der Waals surface area contributed by atoms with Gasteiger partial charge in [-0.15, -0.1) is 0 Å². The molecule has 3 nitrogen and oxygen atoms in total. The molecule has 0 aromatic carbocycles. The van der Waals surface area contributed by atoms with Crippen LogP contribution < -0.4 is 5.32 Å². The minimum absolute atomic E-state index is 0.196. The number of carbonyl (C=O) groups is 1. The molecular formula is C7H12N2OS2. The average Bonchev–Trinajstić information content (AvgIpc) is 2.62. The normalized spacial score (nSPS) is 36.2. The molecule has 2 heterocycles. The Kier molecular flexibility index (Phi) is 2.27. The highest BCUT2D eigenvalue weighted by Gasteiger charge is 2.50. The first kappa shape index (κ1) is 8.72. The molecule has 68 valence electrons. The van der Waals surface area contributed by atoms with Crippen molar-refractivity contribution in [2.75, 3.05) is 13.1 Å². The van der Waals surface area contributed by atoms with Crippen LogP contribution in [0.1, 0.15) is 19.3 Å². The molecule has 0 radical (unpaired) electrons. The molecule has 0 saturated carbocycles. The Morgan fingerprint density at radius 1 is 1.58 bits per heavy atom. The van der Waals surface area contributed by atoms with Gasteiger partial charge in [0.1, 0.15) is 5.54 Å². The van der Waals surface area contributed by atoms with Gasteiger partial charge in [-0.3, -0.25) is 4.79 Å². The summed E-state index contributed by atoms with van der Waals surface area (Å²) in [6.07, 6.45) is 3.05. The quantitative estimate of drug-likeness (QED) is 0.377. The maximum absolute atomic E-state index is 11.6. The molecule has 2 fully saturated rings. The smallest absolute Gasteiger partial charge is 0.241 e. The van der Waals surface area contributed by atoms with Gasteiger partial charge in [-0.25, -0.2) is 4.31 Å². The second-order valence-electron chi connectivity index (χ2n) is 3.32. The molecular weight excluding hydrogens is 192 g/mol. The molecule has 1 amide bonds. The molecule has 1 atom stereocenters. The van der Waals surface area contributed by atoms with E-state index >= 15 is 0 Å². The third-order valence-corrected chi connectivity index (χ3v) is 4.09. The van der Waals surface area contributed by atoms with Crippen molar-refractivity contribution in [1.29, 1.82) is 0 Å². The van der Waals surface area contributed by atoms with Crippen molar-refractivity contribution in [2.45, 2.75) is 24.8 Å². The van der Waals surface area contributed by atoms with E-state index in [1.54, 1.807) is 0 Å². The van der Waals surface area contributed by atoms with Crippen LogP contribution in [0.25, 0.3) is 0 Å². The fourth-order valence-electron chi connectivity index (χ4n) is 2.11. The number of hydrogen-bond donors (Lipinski definition) is 2. The molecule has 2 aliphatic rings. The van der Waals surface area contributed by atoms with Gasteiger partial charge < -0.3 is 5.32 Å². The predicted octanol–water partition coefficient (Wildman–Crippen LogP) is 0.834. The van der Waals surface area contributed by atoms with Crippen LogP contribution in [0.2, 0.25) is 0 Å². The van der Waals surface area contributed by atoms with Crippen LogP contribution in [0.15, 0.2) is 0 Å². The lowest BCUT2D eigenvalue weighted by Crippen LogP contribution is -2.45. The molecule has 2 aliphatic heterocycles. The number of nitrogens with zero attached hydrogens (tertiary/aromatic N) is 1. The van der Waals surface area contributed by atoms with E-state index in [0.717, 1.165) is 32.4 Å². The molecule has 12 heavy (non-hydrogen) atoms. The second kappa shape index (κ2) is 3.12. The van der Waals surface area contributed by atoms with Crippen LogP contribution in [0.3, 0.4) is 0 Å². The minimum Gasteiger partial charge on any atom is -0.354 e. The van der Waals surface area contributed by atoms with E-state index in [2.05, 4.69) is 21.3 Å². The number of nitrogens with one attached hydrogen (secondary N) is 1. The zero-order chi connectivity index (χ0) is 8.60. The number of carbonyl (C=O) groups excluding carboxylic acids is 1. The first-order valence-corrected chi connectivity index (χ1v) is 6.00. The molecule has 1 unspecified atom stereocenters. The van der Waals surface area contributed by atoms with E-state index in [-0.39, 0.29) is 11.4 Å². The lowest BCUT2D eigenvalue weighted by atomic mass is 9.96. The van der Waals surface area contributed by atoms with E-state index in [1.807, 2.05) is 0 Å². The highest BCUT2D eigenvalue weighted by molar-refractivity contribution is 8.67. The number of thiol groups is 1. The fraction of sp³-hybridized carbons (Fsp3) is 0.857. The van der Waals surface area contributed by atoms with Gasteiger partial charge in [0.2, 0.25) is 5.91 Å². The molecule has 0 aromatic heterocycles. The molecule has 0 aromatic rings. The largest absolute Gasteiger partial charge is 0.354 e. The Morgan fingerprint density at radius 3 is 3.00 bits per heavy atom. The summed E-state index contributed by atoms with van der Waals surface area (Å²) in [4.78, 5) is 11.6. The van der Waals surface area contributed by atoms with Crippen LogP contribution in [0.4, 0.5) is 0 Å². The van der Waals surface area contributed by atoms with Gasteiger partial charge in [0.25, 0.3) is 0 Å². The third-order valence-electron chi connectivity index (χ3n) is 2.77. The fourth-order valence-corrected chi connectivity index (χ4v) is 3.46. The Morgan fingerprint density at radius 2 is 2.42 bits per heavy atom. The summed E-state index contributed by atoms with van der Waals surface area (Å²) in [7, 11) is 1.40. The van der Waals surface area contributed by atoms with E-state index in [9.17, 15) is 4.79 Å². The topological polar surface area (TPSA) is 32.3 Å². The minimum atomic E-state index is -0.216. The molecule has 2 rings (SSSR count). The SMILES string of the molecule is O=C1NCCC12CCCN2SS. The van der Waals surface area contributed by atoms with Gasteiger partial charge in [-0.2, -0.15) is 0 Å². The molecule has 2 saturated heterocycles. The molecule has 0 aliphatic carbocycles. The number of amides is 1. The summed E-state index contributed by atoms with van der Waals surface area (Å²) in [6, 6.07) is 0. The Bertz CT molecular complexity index is 208. The summed E-state index contributed by atoms with van der Waals surface area (Å²) in [5.41, 5.74) is -0.216. The summed E-state index contributed by atoms with van der Waals surface area (Å²) in [5, 5.41) is 2.89. The van der Waals surface area contributed by atoms with Crippen molar-refractivity contribution in [3.8, 4) is 0 Å². The number of rotatable bonds is 1. The lowest BCUT2D eigenvalue weighted by molar-refractivity contribution is -0.126. The van der Waals surface area contributed by atoms with Crippen molar-refractivity contribution in [3.63, 3.8) is 0 Å². The van der Waals surface area contributed by atoms with Gasteiger partial charge in [0, 0.05) is 13.1 Å². The monoisotopic (exact) mass is 204 g/mol. The Balaban J connectivity index is 2.22. The van der Waals surface area contributed by atoms with Gasteiger partial charge in [-0.05, 0) is 30.2 Å². The van der Waals surface area contributed by atoms with Crippen LogP contribution >= 0.6 is 22.6 Å². The highest BCUT2D eigenvalue weighted by atomic mass is 33.1. The maximum Gasteiger partial charge on any atom is 0.241 e. The van der Waals surface area contributed by atoms with Gasteiger partial charge >= 0.3 is 0 Å². The predicted molar refractivity (Wildman–Crippen MR) is 52.9 cm³/mol. The van der Waals surface area contributed by atoms with Crippen molar-refractivity contribution >= 4 is 28.5 Å². The van der Waals surface area contributed by atoms with Crippen LogP contribution in [-0.4, -0.2) is 28.8 Å². The Hall–Kier alpha value is 0.130. The summed E-state index contributed by atoms with van der Waals surface area (Å²) < 4.78 is 2.11. The average molecular weight is 204 g/mol. The van der Waals surface area contributed by atoms with E-state index < -0.39 is 0 Å². The summed E-state index contributed by atoms with van der Waals surface area (Å²) in [6.45, 7) is 1.81. The van der Waals surface area contributed by atoms with E-state index in [4.69, 9.17) is 0 Å². The van der Waals surface area contributed by atoms with Crippen molar-refractivity contribution in [2.24, 2.45) is 0 Å². The highest BCUT2D eigenvalue weighted by Crippen LogP contribution is 2.40. The molecule has 1 N–H and O–H groups in total.